The van der Waals surface area contributed by atoms with Crippen LogP contribution in [0.3, 0.4) is 0 Å². The minimum absolute atomic E-state index is 0.0119. The molecule has 1 atom stereocenters. The van der Waals surface area contributed by atoms with Crippen molar-refractivity contribution in [3.63, 3.8) is 0 Å². The van der Waals surface area contributed by atoms with E-state index >= 15 is 0 Å². The summed E-state index contributed by atoms with van der Waals surface area (Å²) in [5.41, 5.74) is 7.07. The van der Waals surface area contributed by atoms with Crippen molar-refractivity contribution in [1.29, 1.82) is 0 Å². The molecule has 2 heterocycles. The van der Waals surface area contributed by atoms with Crippen LogP contribution in [0.25, 0.3) is 5.78 Å². The molecule has 1 amide bonds. The number of aromatic nitrogens is 4. The lowest BCUT2D eigenvalue weighted by Gasteiger charge is -2.20. The Morgan fingerprint density at radius 1 is 1.21 bits per heavy atom. The van der Waals surface area contributed by atoms with E-state index in [1.54, 1.807) is 4.52 Å². The van der Waals surface area contributed by atoms with Crippen molar-refractivity contribution in [2.75, 3.05) is 0 Å². The van der Waals surface area contributed by atoms with E-state index in [0.717, 1.165) is 23.4 Å². The van der Waals surface area contributed by atoms with E-state index in [0.29, 0.717) is 18.6 Å². The van der Waals surface area contributed by atoms with Gasteiger partial charge in [0.25, 0.3) is 5.78 Å². The smallest absolute Gasteiger partial charge is 0.252 e. The van der Waals surface area contributed by atoms with Crippen molar-refractivity contribution in [2.24, 2.45) is 0 Å². The van der Waals surface area contributed by atoms with E-state index in [-0.39, 0.29) is 11.9 Å². The molecule has 3 aromatic rings. The molecule has 0 spiro atoms. The predicted molar refractivity (Wildman–Crippen MR) is 108 cm³/mol. The molecule has 1 aliphatic carbocycles. The molecule has 28 heavy (non-hydrogen) atoms. The Balaban J connectivity index is 1.41. The van der Waals surface area contributed by atoms with E-state index in [1.165, 1.54) is 42.3 Å². The number of hydrogen-bond acceptors (Lipinski definition) is 4. The average molecular weight is 377 g/mol. The van der Waals surface area contributed by atoms with Crippen LogP contribution in [-0.4, -0.2) is 25.5 Å². The quantitative estimate of drug-likeness (QED) is 0.739. The van der Waals surface area contributed by atoms with Gasteiger partial charge in [-0.05, 0) is 75.1 Å². The highest BCUT2D eigenvalue weighted by molar-refractivity contribution is 5.76. The predicted octanol–water partition coefficient (Wildman–Crippen LogP) is 3.43. The van der Waals surface area contributed by atoms with Gasteiger partial charge in [0, 0.05) is 17.8 Å². The fraction of sp³-hybridized carbons (Fsp3) is 0.455. The van der Waals surface area contributed by atoms with Crippen molar-refractivity contribution in [3.05, 3.63) is 58.2 Å². The van der Waals surface area contributed by atoms with E-state index < -0.39 is 0 Å². The topological polar surface area (TPSA) is 72.2 Å². The number of hydrogen-bond donors (Lipinski definition) is 1. The minimum atomic E-state index is 0.0119. The molecular formula is C22H27N5O. The molecule has 2 aromatic heterocycles. The third-order valence-electron chi connectivity index (χ3n) is 5.84. The normalized spacial score (nSPS) is 14.7. The van der Waals surface area contributed by atoms with Crippen molar-refractivity contribution < 1.29 is 4.79 Å². The van der Waals surface area contributed by atoms with E-state index in [2.05, 4.69) is 45.5 Å². The molecule has 0 fully saturated rings. The van der Waals surface area contributed by atoms with Crippen LogP contribution in [0.15, 0.2) is 24.5 Å². The molecule has 4 rings (SSSR count). The third-order valence-corrected chi connectivity index (χ3v) is 5.84. The Morgan fingerprint density at radius 3 is 2.82 bits per heavy atom. The highest BCUT2D eigenvalue weighted by Crippen LogP contribution is 2.25. The SMILES string of the molecule is Cc1nc2ncnn2c(C)c1CCC(=O)NC(C)c1ccc2c(c1)CCCC2. The first-order chi connectivity index (χ1) is 13.5. The lowest BCUT2D eigenvalue weighted by atomic mass is 9.89. The molecule has 0 saturated carbocycles. The number of carbonyl (C=O) groups is 1. The monoisotopic (exact) mass is 377 g/mol. The molecule has 1 aromatic carbocycles. The lowest BCUT2D eigenvalue weighted by Crippen LogP contribution is -2.27. The van der Waals surface area contributed by atoms with Gasteiger partial charge in [-0.1, -0.05) is 18.2 Å². The second kappa shape index (κ2) is 7.70. The van der Waals surface area contributed by atoms with Gasteiger partial charge in [-0.15, -0.1) is 0 Å². The Bertz CT molecular complexity index is 1020. The van der Waals surface area contributed by atoms with Gasteiger partial charge in [-0.3, -0.25) is 4.79 Å². The van der Waals surface area contributed by atoms with Gasteiger partial charge in [0.2, 0.25) is 5.91 Å². The molecule has 1 aliphatic rings. The first-order valence-corrected chi connectivity index (χ1v) is 10.1. The lowest BCUT2D eigenvalue weighted by molar-refractivity contribution is -0.121. The van der Waals surface area contributed by atoms with Crippen molar-refractivity contribution >= 4 is 11.7 Å². The first kappa shape index (κ1) is 18.6. The highest BCUT2D eigenvalue weighted by Gasteiger charge is 2.16. The summed E-state index contributed by atoms with van der Waals surface area (Å²) in [5.74, 6) is 0.659. The van der Waals surface area contributed by atoms with Crippen LogP contribution >= 0.6 is 0 Å². The maximum absolute atomic E-state index is 12.6. The second-order valence-electron chi connectivity index (χ2n) is 7.76. The van der Waals surface area contributed by atoms with Gasteiger partial charge in [-0.2, -0.15) is 10.1 Å². The van der Waals surface area contributed by atoms with Crippen LogP contribution in [0.1, 0.15) is 65.9 Å². The summed E-state index contributed by atoms with van der Waals surface area (Å²) in [6.07, 6.45) is 7.46. The largest absolute Gasteiger partial charge is 0.350 e. The van der Waals surface area contributed by atoms with Gasteiger partial charge >= 0.3 is 0 Å². The summed E-state index contributed by atoms with van der Waals surface area (Å²) in [5, 5.41) is 7.36. The number of nitrogens with one attached hydrogen (secondary N) is 1. The zero-order valence-corrected chi connectivity index (χ0v) is 16.8. The van der Waals surface area contributed by atoms with Crippen LogP contribution in [0.5, 0.6) is 0 Å². The molecule has 0 radical (unpaired) electrons. The zero-order valence-electron chi connectivity index (χ0n) is 16.8. The molecule has 6 heteroatoms. The summed E-state index contributed by atoms with van der Waals surface area (Å²) < 4.78 is 1.73. The highest BCUT2D eigenvalue weighted by atomic mass is 16.1. The summed E-state index contributed by atoms with van der Waals surface area (Å²) in [4.78, 5) is 21.2. The number of aryl methyl sites for hydroxylation is 4. The standard InChI is InChI=1S/C22H27N5O/c1-14(18-9-8-17-6-4-5-7-19(17)12-18)25-21(28)11-10-20-15(2)26-22-23-13-24-27(22)16(20)3/h8-9,12-14H,4-7,10-11H2,1-3H3,(H,25,28). The van der Waals surface area contributed by atoms with Crippen molar-refractivity contribution in [1.82, 2.24) is 24.9 Å². The summed E-state index contributed by atoms with van der Waals surface area (Å²) in [7, 11) is 0. The van der Waals surface area contributed by atoms with E-state index in [4.69, 9.17) is 0 Å². The Labute approximate surface area is 165 Å². The molecular weight excluding hydrogens is 350 g/mol. The maximum atomic E-state index is 12.6. The van der Waals surface area contributed by atoms with Crippen LogP contribution < -0.4 is 5.32 Å². The molecule has 0 bridgehead atoms. The molecule has 0 aliphatic heterocycles. The van der Waals surface area contributed by atoms with Gasteiger partial charge < -0.3 is 5.32 Å². The van der Waals surface area contributed by atoms with Crippen LogP contribution in [0.4, 0.5) is 0 Å². The summed E-state index contributed by atoms with van der Waals surface area (Å²) in [6, 6.07) is 6.68. The Kier molecular flexibility index (Phi) is 5.11. The fourth-order valence-electron chi connectivity index (χ4n) is 4.18. The second-order valence-corrected chi connectivity index (χ2v) is 7.76. The number of nitrogens with zero attached hydrogens (tertiary/aromatic N) is 4. The van der Waals surface area contributed by atoms with Crippen LogP contribution in [0, 0.1) is 13.8 Å². The molecule has 6 nitrogen and oxygen atoms in total. The molecule has 1 N–H and O–H groups in total. The summed E-state index contributed by atoms with van der Waals surface area (Å²) >= 11 is 0. The van der Waals surface area contributed by atoms with E-state index in [9.17, 15) is 4.79 Å². The van der Waals surface area contributed by atoms with Gasteiger partial charge in [0.05, 0.1) is 6.04 Å². The molecule has 0 saturated heterocycles. The number of benzene rings is 1. The van der Waals surface area contributed by atoms with Crippen molar-refractivity contribution in [3.8, 4) is 0 Å². The minimum Gasteiger partial charge on any atom is -0.350 e. The number of fused-ring (bicyclic) bond motifs is 2. The van der Waals surface area contributed by atoms with Gasteiger partial charge in [-0.25, -0.2) is 9.50 Å². The Hall–Kier alpha value is -2.76. The first-order valence-electron chi connectivity index (χ1n) is 10.1. The number of amides is 1. The zero-order chi connectivity index (χ0) is 19.7. The average Bonchev–Trinajstić information content (AvgIpc) is 3.16. The van der Waals surface area contributed by atoms with E-state index in [1.807, 2.05) is 13.8 Å². The van der Waals surface area contributed by atoms with Gasteiger partial charge in [0.15, 0.2) is 0 Å². The van der Waals surface area contributed by atoms with Crippen LogP contribution in [0.2, 0.25) is 0 Å². The summed E-state index contributed by atoms with van der Waals surface area (Å²) in [6.45, 7) is 6.02. The molecule has 1 unspecified atom stereocenters. The van der Waals surface area contributed by atoms with Gasteiger partial charge in [0.1, 0.15) is 6.33 Å². The fourth-order valence-corrected chi connectivity index (χ4v) is 4.18. The number of rotatable bonds is 5. The third kappa shape index (κ3) is 3.63. The number of carbonyl (C=O) groups excluding carboxylic acids is 1. The molecule has 146 valence electrons. The Morgan fingerprint density at radius 2 is 2.00 bits per heavy atom. The van der Waals surface area contributed by atoms with Crippen molar-refractivity contribution in [2.45, 2.75) is 65.3 Å². The maximum Gasteiger partial charge on any atom is 0.252 e. The van der Waals surface area contributed by atoms with Crippen LogP contribution in [-0.2, 0) is 24.1 Å².